The van der Waals surface area contributed by atoms with Gasteiger partial charge in [0.25, 0.3) is 0 Å². The number of aromatic nitrogens is 2. The third-order valence-electron chi connectivity index (χ3n) is 2.35. The van der Waals surface area contributed by atoms with Gasteiger partial charge in [0.2, 0.25) is 5.95 Å². The van der Waals surface area contributed by atoms with Crippen molar-refractivity contribution in [3.63, 3.8) is 0 Å². The Morgan fingerprint density at radius 3 is 2.93 bits per heavy atom. The Bertz CT molecular complexity index is 450. The Labute approximate surface area is 94.1 Å². The van der Waals surface area contributed by atoms with E-state index in [2.05, 4.69) is 27.9 Å². The van der Waals surface area contributed by atoms with Crippen LogP contribution in [0.3, 0.4) is 0 Å². The number of rotatable bonds is 4. The van der Waals surface area contributed by atoms with E-state index in [4.69, 9.17) is 11.6 Å². The fraction of sp³-hybridized carbons (Fsp3) is 0.364. The zero-order chi connectivity index (χ0) is 10.7. The van der Waals surface area contributed by atoms with E-state index in [0.717, 1.165) is 30.1 Å². The van der Waals surface area contributed by atoms with Gasteiger partial charge in [-0.25, -0.2) is 4.98 Å². The minimum atomic E-state index is 0.590. The third kappa shape index (κ3) is 1.92. The van der Waals surface area contributed by atoms with Crippen molar-refractivity contribution in [2.45, 2.75) is 13.5 Å². The summed E-state index contributed by atoms with van der Waals surface area (Å²) in [5.74, 6) is 1.49. The summed E-state index contributed by atoms with van der Waals surface area (Å²) in [4.78, 5) is 4.51. The van der Waals surface area contributed by atoms with Crippen molar-refractivity contribution in [1.82, 2.24) is 9.55 Å². The molecule has 15 heavy (non-hydrogen) atoms. The molecule has 0 aliphatic carbocycles. The molecular weight excluding hydrogens is 210 g/mol. The number of halogens is 1. The summed E-state index contributed by atoms with van der Waals surface area (Å²) in [6.45, 7) is 3.76. The maximum Gasteiger partial charge on any atom is 0.203 e. The number of nitrogens with zero attached hydrogens (tertiary/aromatic N) is 2. The molecule has 0 unspecified atom stereocenters. The van der Waals surface area contributed by atoms with E-state index in [9.17, 15) is 0 Å². The molecule has 0 aliphatic heterocycles. The molecule has 0 bridgehead atoms. The number of alkyl halides is 1. The Balaban J connectivity index is 2.44. The zero-order valence-electron chi connectivity index (χ0n) is 8.70. The smallest absolute Gasteiger partial charge is 0.203 e. The molecule has 1 N–H and O–H groups in total. The van der Waals surface area contributed by atoms with Gasteiger partial charge in [-0.3, -0.25) is 0 Å². The van der Waals surface area contributed by atoms with Crippen LogP contribution in [0.4, 0.5) is 5.95 Å². The van der Waals surface area contributed by atoms with E-state index in [1.54, 1.807) is 0 Å². The van der Waals surface area contributed by atoms with Gasteiger partial charge in [0.15, 0.2) is 0 Å². The normalized spacial score (nSPS) is 10.8. The first-order chi connectivity index (χ1) is 7.36. The minimum absolute atomic E-state index is 0.590. The number of benzene rings is 1. The quantitative estimate of drug-likeness (QED) is 0.808. The van der Waals surface area contributed by atoms with Crippen molar-refractivity contribution < 1.29 is 0 Å². The van der Waals surface area contributed by atoms with Crippen molar-refractivity contribution in [2.24, 2.45) is 0 Å². The molecule has 0 amide bonds. The van der Waals surface area contributed by atoms with Crippen LogP contribution in [0, 0.1) is 0 Å². The molecule has 0 saturated heterocycles. The van der Waals surface area contributed by atoms with Crippen molar-refractivity contribution in [1.29, 1.82) is 0 Å². The predicted molar refractivity (Wildman–Crippen MR) is 64.6 cm³/mol. The zero-order valence-corrected chi connectivity index (χ0v) is 9.46. The molecule has 1 aromatic carbocycles. The van der Waals surface area contributed by atoms with Crippen LogP contribution in [-0.2, 0) is 6.54 Å². The van der Waals surface area contributed by atoms with E-state index in [1.165, 1.54) is 0 Å². The van der Waals surface area contributed by atoms with Crippen molar-refractivity contribution in [3.8, 4) is 0 Å². The van der Waals surface area contributed by atoms with E-state index in [1.807, 2.05) is 18.2 Å². The largest absolute Gasteiger partial charge is 0.354 e. The molecule has 0 aliphatic rings. The Hall–Kier alpha value is -1.22. The number of fused-ring (bicyclic) bond motifs is 1. The molecule has 0 atom stereocenters. The van der Waals surface area contributed by atoms with Gasteiger partial charge in [0.1, 0.15) is 0 Å². The van der Waals surface area contributed by atoms with Crippen molar-refractivity contribution >= 4 is 28.6 Å². The fourth-order valence-electron chi connectivity index (χ4n) is 1.69. The van der Waals surface area contributed by atoms with Gasteiger partial charge >= 0.3 is 0 Å². The highest BCUT2D eigenvalue weighted by Gasteiger charge is 2.07. The standard InChI is InChI=1S/C11H14ClN3/c1-2-15-10-6-4-3-5-9(10)14-11(15)13-8-7-12/h3-6H,2,7-8H2,1H3,(H,13,14). The molecule has 0 radical (unpaired) electrons. The van der Waals surface area contributed by atoms with Crippen LogP contribution < -0.4 is 5.32 Å². The van der Waals surface area contributed by atoms with Gasteiger partial charge in [0.05, 0.1) is 11.0 Å². The molecule has 80 valence electrons. The summed E-state index contributed by atoms with van der Waals surface area (Å²) in [5.41, 5.74) is 2.19. The molecule has 0 spiro atoms. The lowest BCUT2D eigenvalue weighted by atomic mass is 10.3. The van der Waals surface area contributed by atoms with Crippen molar-refractivity contribution in [3.05, 3.63) is 24.3 Å². The second-order valence-corrected chi connectivity index (χ2v) is 3.66. The number of aryl methyl sites for hydroxylation is 1. The maximum absolute atomic E-state index is 5.65. The fourth-order valence-corrected chi connectivity index (χ4v) is 1.78. The third-order valence-corrected chi connectivity index (χ3v) is 2.54. The predicted octanol–water partition coefficient (Wildman–Crippen LogP) is 2.71. The number of hydrogen-bond donors (Lipinski definition) is 1. The first-order valence-electron chi connectivity index (χ1n) is 5.12. The summed E-state index contributed by atoms with van der Waals surface area (Å²) >= 11 is 5.65. The lowest BCUT2D eigenvalue weighted by Crippen LogP contribution is -2.08. The van der Waals surface area contributed by atoms with Crippen LogP contribution in [-0.4, -0.2) is 22.0 Å². The van der Waals surface area contributed by atoms with Gasteiger partial charge in [-0.15, -0.1) is 11.6 Å². The van der Waals surface area contributed by atoms with E-state index in [0.29, 0.717) is 5.88 Å². The van der Waals surface area contributed by atoms with Gasteiger partial charge in [-0.1, -0.05) is 12.1 Å². The summed E-state index contributed by atoms with van der Waals surface area (Å²) in [6, 6.07) is 8.13. The number of imidazole rings is 1. The van der Waals surface area contributed by atoms with E-state index >= 15 is 0 Å². The maximum atomic E-state index is 5.65. The van der Waals surface area contributed by atoms with Crippen LogP contribution in [0.1, 0.15) is 6.92 Å². The number of nitrogens with one attached hydrogen (secondary N) is 1. The highest BCUT2D eigenvalue weighted by atomic mass is 35.5. The van der Waals surface area contributed by atoms with Crippen LogP contribution in [0.15, 0.2) is 24.3 Å². The lowest BCUT2D eigenvalue weighted by Gasteiger charge is -2.06. The van der Waals surface area contributed by atoms with Gasteiger partial charge in [-0.05, 0) is 19.1 Å². The van der Waals surface area contributed by atoms with Crippen LogP contribution >= 0.6 is 11.6 Å². The molecule has 1 aromatic heterocycles. The second kappa shape index (κ2) is 4.53. The summed E-state index contributed by atoms with van der Waals surface area (Å²) in [6.07, 6.45) is 0. The minimum Gasteiger partial charge on any atom is -0.354 e. The van der Waals surface area contributed by atoms with Gasteiger partial charge in [0, 0.05) is 19.0 Å². The van der Waals surface area contributed by atoms with Crippen LogP contribution in [0.2, 0.25) is 0 Å². The first kappa shape index (κ1) is 10.3. The molecule has 1 heterocycles. The second-order valence-electron chi connectivity index (χ2n) is 3.28. The molecule has 2 aromatic rings. The topological polar surface area (TPSA) is 29.9 Å². The average Bonchev–Trinajstić information content (AvgIpc) is 2.63. The monoisotopic (exact) mass is 223 g/mol. The molecule has 0 fully saturated rings. The number of anilines is 1. The Kier molecular flexibility index (Phi) is 3.11. The average molecular weight is 224 g/mol. The van der Waals surface area contributed by atoms with Crippen LogP contribution in [0.5, 0.6) is 0 Å². The van der Waals surface area contributed by atoms with Gasteiger partial charge < -0.3 is 9.88 Å². The molecule has 4 heteroatoms. The number of para-hydroxylation sites is 2. The summed E-state index contributed by atoms with van der Waals surface area (Å²) in [5, 5.41) is 3.22. The summed E-state index contributed by atoms with van der Waals surface area (Å²) < 4.78 is 2.15. The Morgan fingerprint density at radius 2 is 2.20 bits per heavy atom. The van der Waals surface area contributed by atoms with E-state index in [-0.39, 0.29) is 0 Å². The SMILES string of the molecule is CCn1c(NCCCl)nc2ccccc21. The Morgan fingerprint density at radius 1 is 1.40 bits per heavy atom. The van der Waals surface area contributed by atoms with Gasteiger partial charge in [-0.2, -0.15) is 0 Å². The highest BCUT2D eigenvalue weighted by molar-refractivity contribution is 6.18. The molecule has 0 saturated carbocycles. The highest BCUT2D eigenvalue weighted by Crippen LogP contribution is 2.18. The van der Waals surface area contributed by atoms with Crippen molar-refractivity contribution in [2.75, 3.05) is 17.7 Å². The molecule has 2 rings (SSSR count). The number of hydrogen-bond acceptors (Lipinski definition) is 2. The van der Waals surface area contributed by atoms with Crippen LogP contribution in [0.25, 0.3) is 11.0 Å². The molecular formula is C11H14ClN3. The summed E-state index contributed by atoms with van der Waals surface area (Å²) in [7, 11) is 0. The molecule has 3 nitrogen and oxygen atoms in total. The first-order valence-corrected chi connectivity index (χ1v) is 5.65. The van der Waals surface area contributed by atoms with E-state index < -0.39 is 0 Å². The lowest BCUT2D eigenvalue weighted by molar-refractivity contribution is 0.790.